The maximum Gasteiger partial charge on any atom is 0.325 e. The van der Waals surface area contributed by atoms with Crippen LogP contribution in [0.5, 0.6) is 0 Å². The normalized spacial score (nSPS) is 19.1. The summed E-state index contributed by atoms with van der Waals surface area (Å²) in [5.74, 6) is -0.117. The molecule has 1 aromatic heterocycles. The van der Waals surface area contributed by atoms with E-state index in [2.05, 4.69) is 10.3 Å². The summed E-state index contributed by atoms with van der Waals surface area (Å²) in [5.41, 5.74) is 3.36. The van der Waals surface area contributed by atoms with Crippen molar-refractivity contribution in [2.75, 3.05) is 0 Å². The Bertz CT molecular complexity index is 1220. The summed E-state index contributed by atoms with van der Waals surface area (Å²) in [5, 5.41) is 2.88. The van der Waals surface area contributed by atoms with Crippen LogP contribution in [0.15, 0.2) is 48.5 Å². The second-order valence-corrected chi connectivity index (χ2v) is 9.20. The van der Waals surface area contributed by atoms with Crippen molar-refractivity contribution in [2.24, 2.45) is 5.92 Å². The van der Waals surface area contributed by atoms with Gasteiger partial charge in [-0.25, -0.2) is 14.2 Å². The molecule has 7 heteroatoms. The number of rotatable bonds is 6. The van der Waals surface area contributed by atoms with Gasteiger partial charge in [0.2, 0.25) is 0 Å². The average molecular weight is 477 g/mol. The van der Waals surface area contributed by atoms with Crippen LogP contribution in [-0.4, -0.2) is 32.8 Å². The molecule has 2 aromatic carbocycles. The zero-order chi connectivity index (χ0) is 25.3. The lowest BCUT2D eigenvalue weighted by Crippen LogP contribution is -2.38. The number of aryl methyl sites for hydroxylation is 2. The van der Waals surface area contributed by atoms with Crippen LogP contribution in [0.1, 0.15) is 68.2 Å². The van der Waals surface area contributed by atoms with Crippen molar-refractivity contribution in [1.82, 2.24) is 20.2 Å². The zero-order valence-electron chi connectivity index (χ0n) is 20.9. The van der Waals surface area contributed by atoms with Crippen molar-refractivity contribution in [3.63, 3.8) is 0 Å². The van der Waals surface area contributed by atoms with E-state index in [1.807, 2.05) is 71.0 Å². The number of halogens is 1. The Morgan fingerprint density at radius 1 is 1.06 bits per heavy atom. The van der Waals surface area contributed by atoms with Gasteiger partial charge >= 0.3 is 6.03 Å². The van der Waals surface area contributed by atoms with E-state index in [0.717, 1.165) is 24.0 Å². The molecule has 1 aliphatic heterocycles. The molecule has 3 amide bonds. The van der Waals surface area contributed by atoms with Gasteiger partial charge in [-0.2, -0.15) is 0 Å². The van der Waals surface area contributed by atoms with E-state index in [1.54, 1.807) is 6.07 Å². The first-order valence-electron chi connectivity index (χ1n) is 12.4. The first kappa shape index (κ1) is 24.6. The number of carbonyl (C=O) groups excluding carboxylic acids is 2. The van der Waals surface area contributed by atoms with Crippen LogP contribution >= 0.6 is 0 Å². The fraction of sp³-hybridized carbons (Fsp3) is 0.393. The molecule has 1 saturated heterocycles. The van der Waals surface area contributed by atoms with Gasteiger partial charge in [0.25, 0.3) is 5.91 Å². The molecule has 35 heavy (non-hydrogen) atoms. The van der Waals surface area contributed by atoms with E-state index in [4.69, 9.17) is 4.98 Å². The van der Waals surface area contributed by atoms with Gasteiger partial charge in [-0.15, -0.1) is 0 Å². The number of imidazole rings is 1. The summed E-state index contributed by atoms with van der Waals surface area (Å²) in [6.45, 7) is 9.64. The molecule has 1 aliphatic carbocycles. The summed E-state index contributed by atoms with van der Waals surface area (Å²) >= 11 is 0. The number of aromatic amines is 1. The maximum absolute atomic E-state index is 14.7. The number of hydrogen-bond donors (Lipinski definition) is 2. The molecule has 0 spiro atoms. The lowest BCUT2D eigenvalue weighted by atomic mass is 9.91. The highest BCUT2D eigenvalue weighted by Gasteiger charge is 2.50. The fourth-order valence-corrected chi connectivity index (χ4v) is 4.75. The van der Waals surface area contributed by atoms with Gasteiger partial charge in [-0.1, -0.05) is 57.2 Å². The van der Waals surface area contributed by atoms with Crippen molar-refractivity contribution in [1.29, 1.82) is 0 Å². The van der Waals surface area contributed by atoms with Crippen molar-refractivity contribution < 1.29 is 14.0 Å². The molecule has 1 saturated carbocycles. The minimum Gasteiger partial charge on any atom is -0.344 e. The molecule has 2 heterocycles. The Morgan fingerprint density at radius 2 is 1.74 bits per heavy atom. The van der Waals surface area contributed by atoms with Crippen molar-refractivity contribution in [2.45, 2.75) is 65.5 Å². The third kappa shape index (κ3) is 4.72. The van der Waals surface area contributed by atoms with Crippen LogP contribution in [0, 0.1) is 25.6 Å². The lowest BCUT2D eigenvalue weighted by molar-refractivity contribution is -0.130. The molecule has 6 nitrogen and oxygen atoms in total. The molecular formula is C28H33FN4O2. The number of amides is 3. The van der Waals surface area contributed by atoms with Gasteiger partial charge in [0.05, 0.1) is 5.69 Å². The average Bonchev–Trinajstić information content (AvgIpc) is 3.57. The molecule has 2 fully saturated rings. The molecule has 2 N–H and O–H groups in total. The first-order chi connectivity index (χ1) is 16.8. The highest BCUT2D eigenvalue weighted by atomic mass is 19.1. The van der Waals surface area contributed by atoms with Gasteiger partial charge in [-0.3, -0.25) is 9.69 Å². The monoisotopic (exact) mass is 476 g/mol. The molecule has 3 atom stereocenters. The largest absolute Gasteiger partial charge is 0.344 e. The number of imide groups is 1. The summed E-state index contributed by atoms with van der Waals surface area (Å²) < 4.78 is 14.7. The van der Waals surface area contributed by atoms with Crippen LogP contribution in [-0.2, 0) is 4.79 Å². The number of carbonyl (C=O) groups is 2. The van der Waals surface area contributed by atoms with Crippen LogP contribution in [0.25, 0.3) is 11.3 Å². The topological polar surface area (TPSA) is 78.1 Å². The van der Waals surface area contributed by atoms with E-state index in [0.29, 0.717) is 22.8 Å². The van der Waals surface area contributed by atoms with Crippen LogP contribution in [0.3, 0.4) is 0 Å². The molecule has 0 bridgehead atoms. The molecular weight excluding hydrogens is 443 g/mol. The maximum atomic E-state index is 14.7. The second-order valence-electron chi connectivity index (χ2n) is 9.20. The van der Waals surface area contributed by atoms with Gasteiger partial charge in [0.1, 0.15) is 23.7 Å². The predicted molar refractivity (Wildman–Crippen MR) is 134 cm³/mol. The summed E-state index contributed by atoms with van der Waals surface area (Å²) in [6.07, 6.45) is 1.89. The minimum atomic E-state index is -0.649. The molecule has 5 rings (SSSR count). The van der Waals surface area contributed by atoms with E-state index < -0.39 is 18.1 Å². The van der Waals surface area contributed by atoms with Gasteiger partial charge in [-0.05, 0) is 55.9 Å². The number of benzene rings is 2. The minimum absolute atomic E-state index is 0.203. The third-order valence-corrected chi connectivity index (χ3v) is 6.73. The first-order valence-corrected chi connectivity index (χ1v) is 12.4. The Labute approximate surface area is 206 Å². The number of aromatic nitrogens is 2. The molecule has 3 aromatic rings. The summed E-state index contributed by atoms with van der Waals surface area (Å²) in [7, 11) is 0. The van der Waals surface area contributed by atoms with Crippen LogP contribution < -0.4 is 5.32 Å². The van der Waals surface area contributed by atoms with Crippen molar-refractivity contribution >= 4 is 11.9 Å². The second kappa shape index (κ2) is 10.0. The Hall–Kier alpha value is -3.48. The van der Waals surface area contributed by atoms with Gasteiger partial charge in [0, 0.05) is 17.2 Å². The molecule has 2 aliphatic rings. The van der Waals surface area contributed by atoms with E-state index >= 15 is 0 Å². The lowest BCUT2D eigenvalue weighted by Gasteiger charge is -2.29. The smallest absolute Gasteiger partial charge is 0.325 e. The SMILES string of the molecule is CC.Cc1ccc(-c2nc(C(C(C)c3ccccc3)N3C(=O)N[C@H](C4CC4)C3=O)[nH]c2C)c(F)c1. The van der Waals surface area contributed by atoms with Gasteiger partial charge in [0.15, 0.2) is 0 Å². The number of urea groups is 1. The Balaban J connectivity index is 0.00000141. The molecule has 184 valence electrons. The third-order valence-electron chi connectivity index (χ3n) is 6.73. The van der Waals surface area contributed by atoms with Crippen LogP contribution in [0.4, 0.5) is 9.18 Å². The Morgan fingerprint density at radius 3 is 2.37 bits per heavy atom. The van der Waals surface area contributed by atoms with E-state index in [9.17, 15) is 14.0 Å². The quantitative estimate of drug-likeness (QED) is 0.426. The van der Waals surface area contributed by atoms with Gasteiger partial charge < -0.3 is 10.3 Å². The van der Waals surface area contributed by atoms with Crippen molar-refractivity contribution in [3.8, 4) is 11.3 Å². The summed E-state index contributed by atoms with van der Waals surface area (Å²) in [4.78, 5) is 35.7. The Kier molecular flexibility index (Phi) is 7.05. The zero-order valence-corrected chi connectivity index (χ0v) is 20.9. The summed E-state index contributed by atoms with van der Waals surface area (Å²) in [6, 6.07) is 13.3. The van der Waals surface area contributed by atoms with Crippen molar-refractivity contribution in [3.05, 3.63) is 77.0 Å². The molecule has 2 unspecified atom stereocenters. The number of hydrogen-bond acceptors (Lipinski definition) is 3. The van der Waals surface area contributed by atoms with E-state index in [-0.39, 0.29) is 23.6 Å². The molecule has 0 radical (unpaired) electrons. The number of H-pyrrole nitrogens is 1. The standard InChI is InChI=1S/C26H27FN4O2.C2H6/c1-14-9-12-19(20(27)13-14)21-16(3)28-24(29-21)23(15(2)17-7-5-4-6-8-17)31-25(32)22(18-10-11-18)30-26(31)33;1-2/h4-9,12-13,15,18,22-23H,10-11H2,1-3H3,(H,28,29)(H,30,33);1-2H3/t15?,22-,23?;/m1./s1. The highest BCUT2D eigenvalue weighted by molar-refractivity contribution is 6.05. The highest BCUT2D eigenvalue weighted by Crippen LogP contribution is 2.41. The number of nitrogens with zero attached hydrogens (tertiary/aromatic N) is 2. The van der Waals surface area contributed by atoms with Crippen LogP contribution in [0.2, 0.25) is 0 Å². The van der Waals surface area contributed by atoms with E-state index in [1.165, 1.54) is 11.0 Å². The predicted octanol–water partition coefficient (Wildman–Crippen LogP) is 6.03. The fourth-order valence-electron chi connectivity index (χ4n) is 4.75. The number of nitrogens with one attached hydrogen (secondary N) is 2.